The highest BCUT2D eigenvalue weighted by atomic mass is 19.4. The van der Waals surface area contributed by atoms with Gasteiger partial charge in [-0.1, -0.05) is 12.1 Å². The van der Waals surface area contributed by atoms with Gasteiger partial charge in [0.25, 0.3) is 5.91 Å². The van der Waals surface area contributed by atoms with E-state index in [4.69, 9.17) is 0 Å². The standard InChI is InChI=1S/C28H35F3N6O2/c1-33(15-19-2-4-23(5-3-19)28(29,30)31)25-12-20-16-36(17-21(20)13-25)27(39)37-18-22(14-32-37)26(38)35-10-8-34(9-11-35)24-6-7-24/h2-5,14,18,20-21,24-25H,6-13,15-17H2,1H3/t20-,21+,25?. The molecule has 3 atom stereocenters. The van der Waals surface area contributed by atoms with E-state index in [0.29, 0.717) is 62.2 Å². The van der Waals surface area contributed by atoms with Crippen molar-refractivity contribution in [3.05, 3.63) is 53.3 Å². The summed E-state index contributed by atoms with van der Waals surface area (Å²) < 4.78 is 39.8. The topological polar surface area (TPSA) is 64.9 Å². The molecule has 2 saturated heterocycles. The second-order valence-corrected chi connectivity index (χ2v) is 11.7. The lowest BCUT2D eigenvalue weighted by molar-refractivity contribution is -0.137. The van der Waals surface area contributed by atoms with Crippen LogP contribution in [-0.2, 0) is 12.7 Å². The highest BCUT2D eigenvalue weighted by molar-refractivity contribution is 5.94. The number of amides is 2. The number of alkyl halides is 3. The second-order valence-electron chi connectivity index (χ2n) is 11.7. The van der Waals surface area contributed by atoms with Crippen LogP contribution < -0.4 is 0 Å². The molecule has 1 aromatic heterocycles. The maximum atomic E-state index is 13.2. The second kappa shape index (κ2) is 10.2. The number of fused-ring (bicyclic) bond motifs is 1. The van der Waals surface area contributed by atoms with Crippen LogP contribution in [0.4, 0.5) is 18.0 Å². The van der Waals surface area contributed by atoms with Crippen LogP contribution in [-0.4, -0.2) is 99.7 Å². The molecule has 0 N–H and O–H groups in total. The monoisotopic (exact) mass is 544 g/mol. The Bertz CT molecular complexity index is 1190. The van der Waals surface area contributed by atoms with E-state index in [1.807, 2.05) is 16.8 Å². The zero-order valence-corrected chi connectivity index (χ0v) is 22.2. The zero-order chi connectivity index (χ0) is 27.3. The summed E-state index contributed by atoms with van der Waals surface area (Å²) in [6, 6.07) is 6.21. The van der Waals surface area contributed by atoms with Crippen molar-refractivity contribution in [3.63, 3.8) is 0 Å². The van der Waals surface area contributed by atoms with Gasteiger partial charge in [-0.3, -0.25) is 14.6 Å². The quantitative estimate of drug-likeness (QED) is 0.576. The van der Waals surface area contributed by atoms with Crippen molar-refractivity contribution in [3.8, 4) is 0 Å². The predicted octanol–water partition coefficient (Wildman–Crippen LogP) is 3.63. The number of nitrogens with zero attached hydrogens (tertiary/aromatic N) is 6. The fourth-order valence-corrected chi connectivity index (χ4v) is 6.60. The first-order chi connectivity index (χ1) is 18.7. The first kappa shape index (κ1) is 26.3. The van der Waals surface area contributed by atoms with Crippen molar-refractivity contribution < 1.29 is 22.8 Å². The molecule has 6 rings (SSSR count). The molecule has 2 amide bonds. The molecule has 3 heterocycles. The van der Waals surface area contributed by atoms with Gasteiger partial charge in [0.05, 0.1) is 17.3 Å². The normalized spacial score (nSPS) is 25.9. The first-order valence-corrected chi connectivity index (χ1v) is 13.9. The van der Waals surface area contributed by atoms with Crippen molar-refractivity contribution in [1.82, 2.24) is 29.4 Å². The molecule has 1 aromatic carbocycles. The largest absolute Gasteiger partial charge is 0.416 e. The van der Waals surface area contributed by atoms with Crippen LogP contribution in [0.2, 0.25) is 0 Å². The Morgan fingerprint density at radius 1 is 0.974 bits per heavy atom. The molecule has 0 radical (unpaired) electrons. The Morgan fingerprint density at radius 2 is 1.62 bits per heavy atom. The third-order valence-corrected chi connectivity index (χ3v) is 9.02. The van der Waals surface area contributed by atoms with Gasteiger partial charge < -0.3 is 9.80 Å². The molecule has 8 nitrogen and oxygen atoms in total. The van der Waals surface area contributed by atoms with Crippen molar-refractivity contribution in [2.24, 2.45) is 11.8 Å². The van der Waals surface area contributed by atoms with Crippen LogP contribution in [0.15, 0.2) is 36.7 Å². The average Bonchev–Trinajstić information content (AvgIpc) is 3.31. The van der Waals surface area contributed by atoms with Crippen LogP contribution in [0.25, 0.3) is 0 Å². The van der Waals surface area contributed by atoms with Crippen molar-refractivity contribution >= 4 is 11.9 Å². The highest BCUT2D eigenvalue weighted by Crippen LogP contribution is 2.40. The molecular weight excluding hydrogens is 509 g/mol. The summed E-state index contributed by atoms with van der Waals surface area (Å²) in [5.41, 5.74) is 0.676. The van der Waals surface area contributed by atoms with Crippen LogP contribution in [0.3, 0.4) is 0 Å². The maximum Gasteiger partial charge on any atom is 0.416 e. The van der Waals surface area contributed by atoms with E-state index in [9.17, 15) is 22.8 Å². The maximum absolute atomic E-state index is 13.2. The van der Waals surface area contributed by atoms with Gasteiger partial charge in [0, 0.05) is 64.1 Å². The molecule has 39 heavy (non-hydrogen) atoms. The molecular formula is C28H35F3N6O2. The number of carbonyl (C=O) groups is 2. The van der Waals surface area contributed by atoms with E-state index in [1.54, 1.807) is 18.3 Å². The fraction of sp³-hybridized carbons (Fsp3) is 0.607. The molecule has 11 heteroatoms. The molecule has 0 spiro atoms. The third kappa shape index (κ3) is 5.56. The number of aromatic nitrogens is 2. The van der Waals surface area contributed by atoms with Gasteiger partial charge in [0.15, 0.2) is 0 Å². The third-order valence-electron chi connectivity index (χ3n) is 9.02. The van der Waals surface area contributed by atoms with E-state index in [-0.39, 0.29) is 11.9 Å². The summed E-state index contributed by atoms with van der Waals surface area (Å²) in [5, 5.41) is 4.22. The Hall–Kier alpha value is -2.92. The summed E-state index contributed by atoms with van der Waals surface area (Å²) in [5.74, 6) is 0.698. The molecule has 2 saturated carbocycles. The van der Waals surface area contributed by atoms with Gasteiger partial charge in [-0.2, -0.15) is 23.0 Å². The lowest BCUT2D eigenvalue weighted by Gasteiger charge is -2.34. The lowest BCUT2D eigenvalue weighted by Crippen LogP contribution is -2.49. The Labute approximate surface area is 226 Å². The summed E-state index contributed by atoms with van der Waals surface area (Å²) in [7, 11) is 2.01. The minimum absolute atomic E-state index is 0.0679. The predicted molar refractivity (Wildman–Crippen MR) is 138 cm³/mol. The summed E-state index contributed by atoms with van der Waals surface area (Å²) >= 11 is 0. The van der Waals surface area contributed by atoms with Crippen molar-refractivity contribution in [2.75, 3.05) is 46.3 Å². The molecule has 210 valence electrons. The summed E-state index contributed by atoms with van der Waals surface area (Å²) in [6.45, 7) is 5.11. The number of benzene rings is 1. The minimum Gasteiger partial charge on any atom is -0.336 e. The van der Waals surface area contributed by atoms with Crippen LogP contribution in [0.1, 0.15) is 47.2 Å². The zero-order valence-electron chi connectivity index (χ0n) is 22.2. The molecule has 4 fully saturated rings. The van der Waals surface area contributed by atoms with E-state index in [2.05, 4.69) is 14.9 Å². The number of hydrogen-bond acceptors (Lipinski definition) is 5. The van der Waals surface area contributed by atoms with Gasteiger partial charge in [-0.25, -0.2) is 4.79 Å². The lowest BCUT2D eigenvalue weighted by atomic mass is 10.0. The van der Waals surface area contributed by atoms with Crippen LogP contribution in [0, 0.1) is 11.8 Å². The molecule has 4 aliphatic rings. The van der Waals surface area contributed by atoms with Gasteiger partial charge >= 0.3 is 12.2 Å². The van der Waals surface area contributed by atoms with Gasteiger partial charge in [0.2, 0.25) is 0 Å². The number of carbonyl (C=O) groups excluding carboxylic acids is 2. The van der Waals surface area contributed by atoms with Gasteiger partial charge in [-0.05, 0) is 62.3 Å². The number of likely N-dealkylation sites (tertiary alicyclic amines) is 1. The number of halogens is 3. The van der Waals surface area contributed by atoms with Crippen LogP contribution in [0.5, 0.6) is 0 Å². The van der Waals surface area contributed by atoms with Crippen LogP contribution >= 0.6 is 0 Å². The summed E-state index contributed by atoms with van der Waals surface area (Å²) in [6.07, 6.45) is 3.16. The Morgan fingerprint density at radius 3 is 2.21 bits per heavy atom. The summed E-state index contributed by atoms with van der Waals surface area (Å²) in [4.78, 5) is 34.5. The van der Waals surface area contributed by atoms with Gasteiger partial charge in [0.1, 0.15) is 0 Å². The first-order valence-electron chi connectivity index (χ1n) is 13.9. The van der Waals surface area contributed by atoms with Crippen molar-refractivity contribution in [2.45, 2.75) is 50.5 Å². The average molecular weight is 545 g/mol. The van der Waals surface area contributed by atoms with Gasteiger partial charge in [-0.15, -0.1) is 0 Å². The highest BCUT2D eigenvalue weighted by Gasteiger charge is 2.44. The molecule has 2 aromatic rings. The number of rotatable bonds is 5. The molecule has 0 bridgehead atoms. The minimum atomic E-state index is -4.32. The fourth-order valence-electron chi connectivity index (χ4n) is 6.60. The Balaban J connectivity index is 0.990. The van der Waals surface area contributed by atoms with E-state index < -0.39 is 11.7 Å². The number of piperazine rings is 1. The number of hydrogen-bond donors (Lipinski definition) is 0. The molecule has 2 aliphatic heterocycles. The van der Waals surface area contributed by atoms with E-state index >= 15 is 0 Å². The Kier molecular flexibility index (Phi) is 6.91. The van der Waals surface area contributed by atoms with E-state index in [0.717, 1.165) is 43.6 Å². The molecule has 2 aliphatic carbocycles. The van der Waals surface area contributed by atoms with Crippen molar-refractivity contribution in [1.29, 1.82) is 0 Å². The SMILES string of the molecule is CN(Cc1ccc(C(F)(F)F)cc1)C1C[C@@H]2CN(C(=O)n3cc(C(=O)N4CCN(C5CC5)CC4)cn3)C[C@@H]2C1. The smallest absolute Gasteiger partial charge is 0.336 e. The molecule has 1 unspecified atom stereocenters. The van der Waals surface area contributed by atoms with E-state index in [1.165, 1.54) is 23.7 Å².